The standard InChI is InChI=1S/C22H20N6OS3/c1-2-6-16-14(5-1)28-21(31-16)25-26-22(28)32-20-18-13-4-3-7-15(13)30-19(18)23-17(24-20)12-27-8-10-29-11-9-27/h1-2,5-6H,3-4,7-12H2. The second kappa shape index (κ2) is 7.74. The van der Waals surface area contributed by atoms with Crippen LogP contribution in [0.4, 0.5) is 0 Å². The maximum atomic E-state index is 5.51. The van der Waals surface area contributed by atoms with Crippen molar-refractivity contribution < 1.29 is 4.74 Å². The van der Waals surface area contributed by atoms with Gasteiger partial charge in [0, 0.05) is 23.4 Å². The normalized spacial score (nSPS) is 17.1. The minimum absolute atomic E-state index is 0.756. The van der Waals surface area contributed by atoms with Gasteiger partial charge in [-0.25, -0.2) is 9.97 Å². The third-order valence-electron chi connectivity index (χ3n) is 6.15. The molecule has 1 aliphatic carbocycles. The van der Waals surface area contributed by atoms with E-state index in [0.717, 1.165) is 77.0 Å². The summed E-state index contributed by atoms with van der Waals surface area (Å²) >= 11 is 5.15. The lowest BCUT2D eigenvalue weighted by molar-refractivity contribution is 0.0330. The number of hydrogen-bond acceptors (Lipinski definition) is 9. The molecule has 2 aliphatic rings. The number of hydrogen-bond donors (Lipinski definition) is 0. The summed E-state index contributed by atoms with van der Waals surface area (Å²) in [5.41, 5.74) is 2.59. The van der Waals surface area contributed by atoms with Crippen molar-refractivity contribution in [2.45, 2.75) is 36.0 Å². The van der Waals surface area contributed by atoms with Crippen LogP contribution in [0.5, 0.6) is 0 Å². The van der Waals surface area contributed by atoms with E-state index in [0.29, 0.717) is 0 Å². The van der Waals surface area contributed by atoms with E-state index in [4.69, 9.17) is 14.7 Å². The van der Waals surface area contributed by atoms with Crippen LogP contribution in [-0.2, 0) is 24.1 Å². The molecule has 7 nitrogen and oxygen atoms in total. The number of rotatable bonds is 4. The number of morpholine rings is 1. The van der Waals surface area contributed by atoms with Crippen molar-refractivity contribution in [2.75, 3.05) is 26.3 Å². The quantitative estimate of drug-likeness (QED) is 0.353. The van der Waals surface area contributed by atoms with Gasteiger partial charge in [-0.05, 0) is 48.7 Å². The molecule has 0 amide bonds. The molecule has 5 heterocycles. The van der Waals surface area contributed by atoms with Crippen LogP contribution in [0.3, 0.4) is 0 Å². The monoisotopic (exact) mass is 480 g/mol. The lowest BCUT2D eigenvalue weighted by atomic mass is 10.2. The van der Waals surface area contributed by atoms with Gasteiger partial charge < -0.3 is 4.74 Å². The van der Waals surface area contributed by atoms with E-state index in [2.05, 4.69) is 43.8 Å². The molecule has 1 saturated heterocycles. The first-order chi connectivity index (χ1) is 15.8. The average molecular weight is 481 g/mol. The SMILES string of the molecule is c1ccc2c(c1)sc1nnc(Sc3nc(CN4CCOCC4)nc4sc5c(c34)CCC5)n12. The Morgan fingerprint density at radius 2 is 1.94 bits per heavy atom. The fourth-order valence-corrected chi connectivity index (χ4v) is 7.99. The first-order valence-electron chi connectivity index (χ1n) is 10.9. The van der Waals surface area contributed by atoms with Crippen molar-refractivity contribution in [3.8, 4) is 0 Å². The Morgan fingerprint density at radius 1 is 1.03 bits per heavy atom. The molecular weight excluding hydrogens is 460 g/mol. The van der Waals surface area contributed by atoms with E-state index >= 15 is 0 Å². The highest BCUT2D eigenvalue weighted by molar-refractivity contribution is 7.99. The maximum absolute atomic E-state index is 5.51. The highest BCUT2D eigenvalue weighted by Gasteiger charge is 2.25. The summed E-state index contributed by atoms with van der Waals surface area (Å²) in [4.78, 5) is 16.0. The molecule has 7 rings (SSSR count). The molecule has 162 valence electrons. The van der Waals surface area contributed by atoms with Crippen LogP contribution in [0.15, 0.2) is 34.4 Å². The molecular formula is C22H20N6OS3. The van der Waals surface area contributed by atoms with Crippen LogP contribution < -0.4 is 0 Å². The molecule has 1 fully saturated rings. The van der Waals surface area contributed by atoms with E-state index < -0.39 is 0 Å². The zero-order chi connectivity index (χ0) is 21.1. The van der Waals surface area contributed by atoms with Gasteiger partial charge in [0.25, 0.3) is 0 Å². The fraction of sp³-hybridized carbons (Fsp3) is 0.364. The number of aromatic nitrogens is 5. The first kappa shape index (κ1) is 19.4. The Labute approximate surface area is 196 Å². The van der Waals surface area contributed by atoms with Crippen LogP contribution in [0.25, 0.3) is 25.4 Å². The van der Waals surface area contributed by atoms with Crippen molar-refractivity contribution in [3.05, 3.63) is 40.5 Å². The fourth-order valence-electron chi connectivity index (χ4n) is 4.62. The minimum Gasteiger partial charge on any atom is -0.379 e. The molecule has 0 unspecified atom stereocenters. The number of para-hydroxylation sites is 1. The van der Waals surface area contributed by atoms with Gasteiger partial charge in [0.15, 0.2) is 0 Å². The Morgan fingerprint density at radius 3 is 2.88 bits per heavy atom. The zero-order valence-corrected chi connectivity index (χ0v) is 19.7. The zero-order valence-electron chi connectivity index (χ0n) is 17.3. The van der Waals surface area contributed by atoms with E-state index in [9.17, 15) is 0 Å². The largest absolute Gasteiger partial charge is 0.379 e. The van der Waals surface area contributed by atoms with Gasteiger partial charge >= 0.3 is 0 Å². The summed E-state index contributed by atoms with van der Waals surface area (Å²) < 4.78 is 8.89. The highest BCUT2D eigenvalue weighted by Crippen LogP contribution is 2.42. The topological polar surface area (TPSA) is 68.4 Å². The lowest BCUT2D eigenvalue weighted by Gasteiger charge is -2.25. The van der Waals surface area contributed by atoms with Gasteiger partial charge in [0.2, 0.25) is 10.1 Å². The highest BCUT2D eigenvalue weighted by atomic mass is 32.2. The molecule has 10 heteroatoms. The van der Waals surface area contributed by atoms with Crippen LogP contribution in [0, 0.1) is 0 Å². The second-order valence-electron chi connectivity index (χ2n) is 8.14. The number of thiazole rings is 1. The van der Waals surface area contributed by atoms with Crippen LogP contribution in [0.1, 0.15) is 22.7 Å². The van der Waals surface area contributed by atoms with Crippen molar-refractivity contribution in [3.63, 3.8) is 0 Å². The molecule has 0 spiro atoms. The minimum atomic E-state index is 0.756. The summed E-state index contributed by atoms with van der Waals surface area (Å²) in [7, 11) is 0. The Hall–Kier alpha value is -2.11. The smallest absolute Gasteiger partial charge is 0.217 e. The van der Waals surface area contributed by atoms with Gasteiger partial charge in [0.1, 0.15) is 15.7 Å². The van der Waals surface area contributed by atoms with Gasteiger partial charge in [-0.1, -0.05) is 23.5 Å². The lowest BCUT2D eigenvalue weighted by Crippen LogP contribution is -2.36. The van der Waals surface area contributed by atoms with Gasteiger partial charge in [-0.3, -0.25) is 9.30 Å². The Kier molecular flexibility index (Phi) is 4.68. The number of aryl methyl sites for hydroxylation is 2. The average Bonchev–Trinajstić information content (AvgIpc) is 3.55. The number of thiophene rings is 1. The summed E-state index contributed by atoms with van der Waals surface area (Å²) in [6, 6.07) is 8.41. The second-order valence-corrected chi connectivity index (χ2v) is 11.2. The van der Waals surface area contributed by atoms with Crippen LogP contribution in [0.2, 0.25) is 0 Å². The number of benzene rings is 1. The molecule has 32 heavy (non-hydrogen) atoms. The molecule has 4 aromatic heterocycles. The third-order valence-corrected chi connectivity index (χ3v) is 9.28. The Bertz CT molecular complexity index is 1470. The maximum Gasteiger partial charge on any atom is 0.217 e. The molecule has 1 aliphatic heterocycles. The van der Waals surface area contributed by atoms with Crippen molar-refractivity contribution in [1.82, 2.24) is 29.5 Å². The number of nitrogens with zero attached hydrogens (tertiary/aromatic N) is 6. The van der Waals surface area contributed by atoms with E-state index in [-0.39, 0.29) is 0 Å². The first-order valence-corrected chi connectivity index (χ1v) is 13.3. The summed E-state index contributed by atoms with van der Waals surface area (Å²) in [5.74, 6) is 0.887. The number of ether oxygens (including phenoxy) is 1. The van der Waals surface area contributed by atoms with Crippen LogP contribution >= 0.6 is 34.4 Å². The predicted octanol–water partition coefficient (Wildman–Crippen LogP) is 4.42. The van der Waals surface area contributed by atoms with Gasteiger partial charge in [-0.2, -0.15) is 0 Å². The molecule has 5 aromatic rings. The van der Waals surface area contributed by atoms with Gasteiger partial charge in [0.05, 0.1) is 30.0 Å². The van der Waals surface area contributed by atoms with Gasteiger partial charge in [-0.15, -0.1) is 21.5 Å². The van der Waals surface area contributed by atoms with Crippen molar-refractivity contribution in [1.29, 1.82) is 0 Å². The molecule has 0 bridgehead atoms. The van der Waals surface area contributed by atoms with E-state index in [1.54, 1.807) is 23.1 Å². The molecule has 0 saturated carbocycles. The molecule has 0 radical (unpaired) electrons. The molecule has 1 aromatic carbocycles. The van der Waals surface area contributed by atoms with Crippen LogP contribution in [-0.4, -0.2) is 55.8 Å². The molecule has 0 N–H and O–H groups in total. The van der Waals surface area contributed by atoms with E-state index in [1.807, 2.05) is 11.3 Å². The predicted molar refractivity (Wildman–Crippen MR) is 128 cm³/mol. The number of fused-ring (bicyclic) bond motifs is 6. The van der Waals surface area contributed by atoms with E-state index in [1.165, 1.54) is 26.9 Å². The third kappa shape index (κ3) is 3.16. The summed E-state index contributed by atoms with van der Waals surface area (Å²) in [6.45, 7) is 4.17. The molecule has 0 atom stereocenters. The Balaban J connectivity index is 1.35. The van der Waals surface area contributed by atoms with Crippen molar-refractivity contribution >= 4 is 59.8 Å². The van der Waals surface area contributed by atoms with Crippen molar-refractivity contribution in [2.24, 2.45) is 0 Å². The summed E-state index contributed by atoms with van der Waals surface area (Å²) in [6.07, 6.45) is 3.50. The summed E-state index contributed by atoms with van der Waals surface area (Å²) in [5, 5.41) is 12.1.